The Labute approximate surface area is 147 Å². The second-order valence-electron chi connectivity index (χ2n) is 6.57. The van der Waals surface area contributed by atoms with Crippen LogP contribution in [0.5, 0.6) is 0 Å². The molecule has 0 saturated carbocycles. The Balaban J connectivity index is 1.78. The van der Waals surface area contributed by atoms with E-state index in [0.717, 1.165) is 19.3 Å². The number of sulfonamides is 1. The van der Waals surface area contributed by atoms with E-state index in [1.807, 2.05) is 6.92 Å². The van der Waals surface area contributed by atoms with Crippen LogP contribution in [0.1, 0.15) is 33.1 Å². The maximum Gasteiger partial charge on any atom is 0.242 e. The lowest BCUT2D eigenvalue weighted by Gasteiger charge is -2.35. The largest absolute Gasteiger partial charge is 0.339 e. The molecule has 1 aliphatic rings. The Hall–Kier alpha value is -2.00. The third kappa shape index (κ3) is 3.52. The first-order valence-corrected chi connectivity index (χ1v) is 9.88. The summed E-state index contributed by atoms with van der Waals surface area (Å²) < 4.78 is 29.3. The van der Waals surface area contributed by atoms with Gasteiger partial charge in [-0.05, 0) is 39.2 Å². The van der Waals surface area contributed by atoms with Crippen molar-refractivity contribution < 1.29 is 13.2 Å². The van der Waals surface area contributed by atoms with E-state index in [1.165, 1.54) is 12.3 Å². The van der Waals surface area contributed by atoms with Crippen LogP contribution in [0.4, 0.5) is 0 Å². The van der Waals surface area contributed by atoms with Crippen molar-refractivity contribution in [3.8, 4) is 0 Å². The van der Waals surface area contributed by atoms with Gasteiger partial charge in [-0.25, -0.2) is 13.4 Å². The highest BCUT2D eigenvalue weighted by Gasteiger charge is 2.30. The fourth-order valence-corrected chi connectivity index (χ4v) is 4.37. The minimum Gasteiger partial charge on any atom is -0.339 e. The van der Waals surface area contributed by atoms with E-state index in [-0.39, 0.29) is 16.8 Å². The van der Waals surface area contributed by atoms with Crippen molar-refractivity contribution in [1.29, 1.82) is 0 Å². The van der Waals surface area contributed by atoms with Crippen molar-refractivity contribution in [3.63, 3.8) is 0 Å². The standard InChI is InChI=1S/C16H23N5O3S/c1-11-6-4-5-7-21(11)16(22)12(2)19-25(23,24)14-8-13-9-18-20(3)15(13)17-10-14/h8-12,19H,4-7H2,1-3H3. The number of aromatic nitrogens is 3. The molecule has 0 aromatic carbocycles. The number of fused-ring (bicyclic) bond motifs is 1. The van der Waals surface area contributed by atoms with Gasteiger partial charge in [-0.2, -0.15) is 9.82 Å². The molecular weight excluding hydrogens is 342 g/mol. The summed E-state index contributed by atoms with van der Waals surface area (Å²) >= 11 is 0. The Morgan fingerprint density at radius 3 is 2.84 bits per heavy atom. The number of rotatable bonds is 4. The predicted octanol–water partition coefficient (Wildman–Crippen LogP) is 1.04. The number of nitrogens with one attached hydrogen (secondary N) is 1. The van der Waals surface area contributed by atoms with Crippen molar-refractivity contribution in [2.75, 3.05) is 6.54 Å². The number of hydrogen-bond acceptors (Lipinski definition) is 5. The third-order valence-corrected chi connectivity index (χ3v) is 6.15. The molecule has 2 unspecified atom stereocenters. The second-order valence-corrected chi connectivity index (χ2v) is 8.29. The average molecular weight is 365 g/mol. The molecule has 2 atom stereocenters. The van der Waals surface area contributed by atoms with Gasteiger partial charge in [0.1, 0.15) is 4.90 Å². The Bertz CT molecular complexity index is 892. The molecule has 0 bridgehead atoms. The fraction of sp³-hybridized carbons (Fsp3) is 0.562. The van der Waals surface area contributed by atoms with Gasteiger partial charge in [-0.1, -0.05) is 0 Å². The van der Waals surface area contributed by atoms with Gasteiger partial charge < -0.3 is 4.90 Å². The van der Waals surface area contributed by atoms with E-state index in [0.29, 0.717) is 17.6 Å². The zero-order valence-electron chi connectivity index (χ0n) is 14.6. The van der Waals surface area contributed by atoms with Crippen molar-refractivity contribution in [3.05, 3.63) is 18.5 Å². The summed E-state index contributed by atoms with van der Waals surface area (Å²) in [4.78, 5) is 18.5. The number of likely N-dealkylation sites (tertiary alicyclic amines) is 1. The summed E-state index contributed by atoms with van der Waals surface area (Å²) in [5, 5.41) is 4.69. The molecule has 2 aromatic rings. The first-order chi connectivity index (χ1) is 11.8. The Kier molecular flexibility index (Phi) is 4.79. The molecule has 136 valence electrons. The van der Waals surface area contributed by atoms with Crippen LogP contribution in [0.15, 0.2) is 23.4 Å². The molecule has 1 N–H and O–H groups in total. The van der Waals surface area contributed by atoms with Crippen LogP contribution in [-0.2, 0) is 21.9 Å². The number of nitrogens with zero attached hydrogens (tertiary/aromatic N) is 4. The molecule has 8 nitrogen and oxygen atoms in total. The van der Waals surface area contributed by atoms with E-state index >= 15 is 0 Å². The molecule has 9 heteroatoms. The minimum atomic E-state index is -3.84. The normalized spacial score (nSPS) is 20.0. The van der Waals surface area contributed by atoms with Gasteiger partial charge in [-0.15, -0.1) is 0 Å². The number of carbonyl (C=O) groups excluding carboxylic acids is 1. The molecule has 2 aromatic heterocycles. The van der Waals surface area contributed by atoms with E-state index in [1.54, 1.807) is 29.7 Å². The maximum atomic E-state index is 12.6. The van der Waals surface area contributed by atoms with Gasteiger partial charge in [0.15, 0.2) is 5.65 Å². The summed E-state index contributed by atoms with van der Waals surface area (Å²) in [5.41, 5.74) is 0.602. The smallest absolute Gasteiger partial charge is 0.242 e. The van der Waals surface area contributed by atoms with Crippen LogP contribution < -0.4 is 4.72 Å². The molecule has 3 rings (SSSR count). The van der Waals surface area contributed by atoms with Gasteiger partial charge in [0, 0.05) is 31.2 Å². The first-order valence-electron chi connectivity index (χ1n) is 8.40. The third-order valence-electron chi connectivity index (χ3n) is 4.65. The van der Waals surface area contributed by atoms with Crippen LogP contribution in [0.25, 0.3) is 11.0 Å². The fourth-order valence-electron chi connectivity index (χ4n) is 3.20. The first kappa shape index (κ1) is 17.8. The zero-order chi connectivity index (χ0) is 18.2. The lowest BCUT2D eigenvalue weighted by molar-refractivity contribution is -0.135. The summed E-state index contributed by atoms with van der Waals surface area (Å²) in [7, 11) is -2.10. The highest BCUT2D eigenvalue weighted by molar-refractivity contribution is 7.89. The molecule has 1 saturated heterocycles. The number of carbonyl (C=O) groups is 1. The SMILES string of the molecule is CC(NS(=O)(=O)c1cnc2c(cnn2C)c1)C(=O)N1CCCCC1C. The van der Waals surface area contributed by atoms with Gasteiger partial charge in [0.25, 0.3) is 0 Å². The molecular formula is C16H23N5O3S. The second kappa shape index (κ2) is 6.72. The number of pyridine rings is 1. The maximum absolute atomic E-state index is 12.6. The summed E-state index contributed by atoms with van der Waals surface area (Å²) in [6.45, 7) is 4.26. The topological polar surface area (TPSA) is 97.2 Å². The number of piperidine rings is 1. The van der Waals surface area contributed by atoms with Crippen molar-refractivity contribution >= 4 is 27.0 Å². The summed E-state index contributed by atoms with van der Waals surface area (Å²) in [5.74, 6) is -0.189. The van der Waals surface area contributed by atoms with Crippen LogP contribution in [-0.4, -0.2) is 52.6 Å². The molecule has 1 amide bonds. The van der Waals surface area contributed by atoms with Crippen molar-refractivity contribution in [2.24, 2.45) is 7.05 Å². The molecule has 0 spiro atoms. The average Bonchev–Trinajstić information content (AvgIpc) is 2.95. The van der Waals surface area contributed by atoms with Crippen molar-refractivity contribution in [2.45, 2.75) is 50.1 Å². The van der Waals surface area contributed by atoms with E-state index in [2.05, 4.69) is 14.8 Å². The minimum absolute atomic E-state index is 0.0272. The molecule has 1 fully saturated rings. The number of aryl methyl sites for hydroxylation is 1. The lowest BCUT2D eigenvalue weighted by Crippen LogP contribution is -2.51. The van der Waals surface area contributed by atoms with Gasteiger partial charge >= 0.3 is 0 Å². The van der Waals surface area contributed by atoms with E-state index in [9.17, 15) is 13.2 Å². The Morgan fingerprint density at radius 2 is 2.12 bits per heavy atom. The quantitative estimate of drug-likeness (QED) is 0.873. The zero-order valence-corrected chi connectivity index (χ0v) is 15.5. The highest BCUT2D eigenvalue weighted by atomic mass is 32.2. The van der Waals surface area contributed by atoms with Crippen molar-refractivity contribution in [1.82, 2.24) is 24.4 Å². The molecule has 25 heavy (non-hydrogen) atoms. The molecule has 3 heterocycles. The Morgan fingerprint density at radius 1 is 1.36 bits per heavy atom. The predicted molar refractivity (Wildman–Crippen MR) is 93.3 cm³/mol. The molecule has 0 radical (unpaired) electrons. The van der Waals surface area contributed by atoms with E-state index < -0.39 is 16.1 Å². The van der Waals surface area contributed by atoms with Gasteiger partial charge in [0.2, 0.25) is 15.9 Å². The van der Waals surface area contributed by atoms with Gasteiger partial charge in [0.05, 0.1) is 12.2 Å². The van der Waals surface area contributed by atoms with Gasteiger partial charge in [-0.3, -0.25) is 9.48 Å². The van der Waals surface area contributed by atoms with E-state index in [4.69, 9.17) is 0 Å². The highest BCUT2D eigenvalue weighted by Crippen LogP contribution is 2.19. The van der Waals surface area contributed by atoms with Crippen LogP contribution >= 0.6 is 0 Å². The summed E-state index contributed by atoms with van der Waals surface area (Å²) in [6.07, 6.45) is 5.85. The lowest BCUT2D eigenvalue weighted by atomic mass is 10.0. The number of amides is 1. The van der Waals surface area contributed by atoms with Crippen LogP contribution in [0, 0.1) is 0 Å². The number of hydrogen-bond donors (Lipinski definition) is 1. The van der Waals surface area contributed by atoms with Crippen LogP contribution in [0.2, 0.25) is 0 Å². The molecule has 1 aliphatic heterocycles. The monoisotopic (exact) mass is 365 g/mol. The summed E-state index contributed by atoms with van der Waals surface area (Å²) in [6, 6.07) is 0.829. The van der Waals surface area contributed by atoms with Crippen LogP contribution in [0.3, 0.4) is 0 Å². The molecule has 0 aliphatic carbocycles.